The van der Waals surface area contributed by atoms with Gasteiger partial charge >= 0.3 is 0 Å². The predicted molar refractivity (Wildman–Crippen MR) is 80.9 cm³/mol. The molecule has 4 nitrogen and oxygen atoms in total. The highest BCUT2D eigenvalue weighted by molar-refractivity contribution is 5.50. The summed E-state index contributed by atoms with van der Waals surface area (Å²) in [6, 6.07) is 2.06. The van der Waals surface area contributed by atoms with E-state index in [1.807, 2.05) is 7.05 Å². The van der Waals surface area contributed by atoms with Crippen molar-refractivity contribution in [3.05, 3.63) is 11.9 Å². The fourth-order valence-electron chi connectivity index (χ4n) is 2.62. The highest BCUT2D eigenvalue weighted by Gasteiger charge is 2.27. The van der Waals surface area contributed by atoms with Crippen LogP contribution in [0.5, 0.6) is 0 Å². The molecule has 0 aliphatic carbocycles. The lowest BCUT2D eigenvalue weighted by molar-refractivity contribution is 0.292. The van der Waals surface area contributed by atoms with E-state index in [1.165, 1.54) is 12.8 Å². The molecule has 1 saturated heterocycles. The Morgan fingerprint density at radius 1 is 1.32 bits per heavy atom. The number of nitrogens with one attached hydrogen (secondary N) is 1. The number of piperidine rings is 1. The minimum absolute atomic E-state index is 0.352. The zero-order valence-electron chi connectivity index (χ0n) is 12.8. The molecule has 106 valence electrons. The molecule has 1 aliphatic heterocycles. The van der Waals surface area contributed by atoms with Crippen LogP contribution >= 0.6 is 0 Å². The first-order valence-electron chi connectivity index (χ1n) is 7.23. The molecule has 1 fully saturated rings. The summed E-state index contributed by atoms with van der Waals surface area (Å²) in [6.45, 7) is 11.1. The summed E-state index contributed by atoms with van der Waals surface area (Å²) in [5.74, 6) is 3.25. The average molecular weight is 262 g/mol. The Morgan fingerprint density at radius 2 is 2.05 bits per heavy atom. The van der Waals surface area contributed by atoms with E-state index in [4.69, 9.17) is 4.98 Å². The Balaban J connectivity index is 2.30. The van der Waals surface area contributed by atoms with Crippen LogP contribution in [0.4, 0.5) is 11.6 Å². The maximum Gasteiger partial charge on any atom is 0.135 e. The summed E-state index contributed by atoms with van der Waals surface area (Å²) in [4.78, 5) is 11.7. The third-order valence-corrected chi connectivity index (χ3v) is 3.73. The molecule has 1 aromatic heterocycles. The number of hydrogen-bond acceptors (Lipinski definition) is 4. The van der Waals surface area contributed by atoms with Crippen LogP contribution in [0.3, 0.4) is 0 Å². The molecule has 19 heavy (non-hydrogen) atoms. The number of nitrogens with zero attached hydrogens (tertiary/aromatic N) is 3. The molecule has 0 radical (unpaired) electrons. The van der Waals surface area contributed by atoms with Crippen LogP contribution < -0.4 is 10.2 Å². The van der Waals surface area contributed by atoms with Crippen molar-refractivity contribution in [3.8, 4) is 0 Å². The lowest BCUT2D eigenvalue weighted by atomic mass is 9.84. The molecule has 2 heterocycles. The average Bonchev–Trinajstić information content (AvgIpc) is 2.37. The Kier molecular flexibility index (Phi) is 3.97. The highest BCUT2D eigenvalue weighted by Crippen LogP contribution is 2.31. The van der Waals surface area contributed by atoms with Crippen LogP contribution in [0, 0.1) is 5.41 Å². The van der Waals surface area contributed by atoms with Crippen LogP contribution in [0.15, 0.2) is 6.07 Å². The van der Waals surface area contributed by atoms with Crippen LogP contribution in [0.1, 0.15) is 52.3 Å². The van der Waals surface area contributed by atoms with Crippen LogP contribution in [-0.4, -0.2) is 30.1 Å². The minimum Gasteiger partial charge on any atom is -0.373 e. The van der Waals surface area contributed by atoms with Gasteiger partial charge in [0.15, 0.2) is 0 Å². The van der Waals surface area contributed by atoms with Gasteiger partial charge in [0.1, 0.15) is 17.5 Å². The summed E-state index contributed by atoms with van der Waals surface area (Å²) in [7, 11) is 1.91. The van der Waals surface area contributed by atoms with Crippen molar-refractivity contribution in [2.45, 2.75) is 46.5 Å². The third kappa shape index (κ3) is 3.37. The molecule has 1 aromatic rings. The lowest BCUT2D eigenvalue weighted by Crippen LogP contribution is -2.40. The van der Waals surface area contributed by atoms with E-state index in [9.17, 15) is 0 Å². The van der Waals surface area contributed by atoms with Crippen LogP contribution in [-0.2, 0) is 0 Å². The molecule has 0 saturated carbocycles. The molecule has 0 spiro atoms. The first-order valence-corrected chi connectivity index (χ1v) is 7.23. The molecule has 0 amide bonds. The van der Waals surface area contributed by atoms with E-state index in [-0.39, 0.29) is 0 Å². The Bertz CT molecular complexity index is 440. The van der Waals surface area contributed by atoms with Crippen LogP contribution in [0.2, 0.25) is 0 Å². The van der Waals surface area contributed by atoms with Crippen molar-refractivity contribution in [3.63, 3.8) is 0 Å². The van der Waals surface area contributed by atoms with Gasteiger partial charge in [-0.2, -0.15) is 0 Å². The quantitative estimate of drug-likeness (QED) is 0.907. The lowest BCUT2D eigenvalue weighted by Gasteiger charge is -2.39. The summed E-state index contributed by atoms with van der Waals surface area (Å²) in [5.41, 5.74) is 0.376. The van der Waals surface area contributed by atoms with Crippen molar-refractivity contribution >= 4 is 11.6 Å². The number of rotatable bonds is 3. The Morgan fingerprint density at radius 3 is 2.63 bits per heavy atom. The predicted octanol–water partition coefficient (Wildman–Crippen LogP) is 3.27. The standard InChI is InChI=1S/C15H26N4/c1-11(2)14-17-12(16-5)9-13(18-14)19-8-6-7-15(3,4)10-19/h9,11H,6-8,10H2,1-5H3,(H,16,17,18). The molecule has 0 unspecified atom stereocenters. The Labute approximate surface area is 116 Å². The van der Waals surface area contributed by atoms with Gasteiger partial charge in [-0.15, -0.1) is 0 Å². The van der Waals surface area contributed by atoms with Gasteiger partial charge in [0, 0.05) is 32.1 Å². The zero-order chi connectivity index (χ0) is 14.0. The third-order valence-electron chi connectivity index (χ3n) is 3.73. The van der Waals surface area contributed by atoms with Crippen molar-refractivity contribution in [2.24, 2.45) is 5.41 Å². The van der Waals surface area contributed by atoms with Gasteiger partial charge in [-0.25, -0.2) is 9.97 Å². The smallest absolute Gasteiger partial charge is 0.135 e. The van der Waals surface area contributed by atoms with E-state index in [2.05, 4.69) is 49.0 Å². The fourth-order valence-corrected chi connectivity index (χ4v) is 2.62. The molecule has 2 rings (SSSR count). The molecule has 1 N–H and O–H groups in total. The van der Waals surface area contributed by atoms with E-state index in [0.29, 0.717) is 11.3 Å². The van der Waals surface area contributed by atoms with E-state index < -0.39 is 0 Å². The second-order valence-corrected chi connectivity index (χ2v) is 6.56. The topological polar surface area (TPSA) is 41.0 Å². The van der Waals surface area contributed by atoms with E-state index >= 15 is 0 Å². The van der Waals surface area contributed by atoms with Crippen molar-refractivity contribution in [1.82, 2.24) is 9.97 Å². The van der Waals surface area contributed by atoms with Gasteiger partial charge in [0.2, 0.25) is 0 Å². The van der Waals surface area contributed by atoms with Gasteiger partial charge in [-0.1, -0.05) is 27.7 Å². The molecule has 0 bridgehead atoms. The van der Waals surface area contributed by atoms with Gasteiger partial charge in [0.05, 0.1) is 0 Å². The van der Waals surface area contributed by atoms with E-state index in [0.717, 1.165) is 30.5 Å². The molecular formula is C15H26N4. The summed E-state index contributed by atoms with van der Waals surface area (Å²) in [6.07, 6.45) is 2.54. The maximum absolute atomic E-state index is 4.74. The first-order chi connectivity index (χ1) is 8.91. The largest absolute Gasteiger partial charge is 0.373 e. The van der Waals surface area contributed by atoms with E-state index in [1.54, 1.807) is 0 Å². The van der Waals surface area contributed by atoms with Gasteiger partial charge in [-0.05, 0) is 18.3 Å². The number of hydrogen-bond donors (Lipinski definition) is 1. The Hall–Kier alpha value is -1.32. The molecule has 4 heteroatoms. The van der Waals surface area contributed by atoms with Gasteiger partial charge < -0.3 is 10.2 Å². The first kappa shape index (κ1) is 14.1. The number of aromatic nitrogens is 2. The van der Waals surface area contributed by atoms with Crippen molar-refractivity contribution in [2.75, 3.05) is 30.4 Å². The van der Waals surface area contributed by atoms with Crippen LogP contribution in [0.25, 0.3) is 0 Å². The SMILES string of the molecule is CNc1cc(N2CCCC(C)(C)C2)nc(C(C)C)n1. The number of anilines is 2. The molecule has 0 atom stereocenters. The summed E-state index contributed by atoms with van der Waals surface area (Å²) >= 11 is 0. The summed E-state index contributed by atoms with van der Waals surface area (Å²) in [5, 5.41) is 3.14. The molecule has 1 aliphatic rings. The van der Waals surface area contributed by atoms with Crippen molar-refractivity contribution in [1.29, 1.82) is 0 Å². The summed E-state index contributed by atoms with van der Waals surface area (Å²) < 4.78 is 0. The van der Waals surface area contributed by atoms with Gasteiger partial charge in [-0.3, -0.25) is 0 Å². The highest BCUT2D eigenvalue weighted by atomic mass is 15.2. The normalized spacial score (nSPS) is 18.7. The monoisotopic (exact) mass is 262 g/mol. The second-order valence-electron chi connectivity index (χ2n) is 6.56. The maximum atomic E-state index is 4.74. The molecular weight excluding hydrogens is 236 g/mol. The minimum atomic E-state index is 0.352. The zero-order valence-corrected chi connectivity index (χ0v) is 12.8. The fraction of sp³-hybridized carbons (Fsp3) is 0.733. The second kappa shape index (κ2) is 5.35. The van der Waals surface area contributed by atoms with Crippen molar-refractivity contribution < 1.29 is 0 Å². The van der Waals surface area contributed by atoms with Gasteiger partial charge in [0.25, 0.3) is 0 Å². The molecule has 0 aromatic carbocycles.